The third-order valence-corrected chi connectivity index (χ3v) is 5.55. The number of nitrogens with one attached hydrogen (secondary N) is 2. The molecule has 152 valence electrons. The highest BCUT2D eigenvalue weighted by molar-refractivity contribution is 9.10. The lowest BCUT2D eigenvalue weighted by atomic mass is 10.1. The van der Waals surface area contributed by atoms with Crippen molar-refractivity contribution in [3.8, 4) is 16.9 Å². The Bertz CT molecular complexity index is 1200. The van der Waals surface area contributed by atoms with E-state index >= 15 is 0 Å². The fourth-order valence-corrected chi connectivity index (χ4v) is 3.97. The van der Waals surface area contributed by atoms with Gasteiger partial charge >= 0.3 is 0 Å². The van der Waals surface area contributed by atoms with E-state index in [0.29, 0.717) is 5.95 Å². The Balaban J connectivity index is 1.48. The molecular formula is C22H21BrN6O. The summed E-state index contributed by atoms with van der Waals surface area (Å²) in [6.45, 7) is 1.85. The highest BCUT2D eigenvalue weighted by Crippen LogP contribution is 2.31. The summed E-state index contributed by atoms with van der Waals surface area (Å²) in [5.41, 5.74) is 3.81. The fraction of sp³-hybridized carbons (Fsp3) is 0.227. The zero-order valence-corrected chi connectivity index (χ0v) is 18.1. The van der Waals surface area contributed by atoms with Crippen LogP contribution in [0.2, 0.25) is 0 Å². The summed E-state index contributed by atoms with van der Waals surface area (Å²) < 4.78 is 9.03. The zero-order valence-electron chi connectivity index (χ0n) is 16.5. The second-order valence-electron chi connectivity index (χ2n) is 7.40. The van der Waals surface area contributed by atoms with Crippen LogP contribution in [0.1, 0.15) is 6.42 Å². The number of benzene rings is 2. The van der Waals surface area contributed by atoms with Crippen LogP contribution in [0, 0.1) is 0 Å². The van der Waals surface area contributed by atoms with Crippen LogP contribution in [0.4, 0.5) is 11.6 Å². The van der Waals surface area contributed by atoms with Gasteiger partial charge in [0.25, 0.3) is 0 Å². The number of fused-ring (bicyclic) bond motifs is 1. The maximum Gasteiger partial charge on any atom is 0.227 e. The van der Waals surface area contributed by atoms with Gasteiger partial charge in [0.05, 0.1) is 11.7 Å². The van der Waals surface area contributed by atoms with Crippen molar-refractivity contribution >= 4 is 38.5 Å². The average molecular weight is 465 g/mol. The number of nitrogens with zero attached hydrogens (tertiary/aromatic N) is 4. The molecule has 1 aliphatic heterocycles. The fourth-order valence-electron chi connectivity index (χ4n) is 3.59. The van der Waals surface area contributed by atoms with Gasteiger partial charge in [0, 0.05) is 53.2 Å². The van der Waals surface area contributed by atoms with Gasteiger partial charge < -0.3 is 15.4 Å². The molecule has 3 heterocycles. The van der Waals surface area contributed by atoms with E-state index in [4.69, 9.17) is 4.74 Å². The van der Waals surface area contributed by atoms with Gasteiger partial charge in [0.2, 0.25) is 5.95 Å². The summed E-state index contributed by atoms with van der Waals surface area (Å²) in [5.74, 6) is 1.36. The van der Waals surface area contributed by atoms with E-state index in [2.05, 4.69) is 53.8 Å². The summed E-state index contributed by atoms with van der Waals surface area (Å²) >= 11 is 3.48. The number of anilines is 2. The lowest BCUT2D eigenvalue weighted by molar-refractivity contribution is 0.223. The second kappa shape index (κ2) is 8.04. The summed E-state index contributed by atoms with van der Waals surface area (Å²) in [4.78, 5) is 9.11. The molecule has 0 unspecified atom stereocenters. The molecule has 1 atom stereocenters. The van der Waals surface area contributed by atoms with E-state index in [0.717, 1.165) is 57.4 Å². The van der Waals surface area contributed by atoms with Crippen molar-refractivity contribution in [2.75, 3.05) is 18.4 Å². The summed E-state index contributed by atoms with van der Waals surface area (Å²) in [6, 6.07) is 12.1. The molecule has 1 saturated heterocycles. The van der Waals surface area contributed by atoms with Crippen LogP contribution < -0.4 is 15.4 Å². The molecule has 1 fully saturated rings. The standard InChI is InChI=1S/C22H21BrN6O/c1-29-13-16(11-26-29)14-7-18(9-20(8-14)30-19-4-5-24-12-19)27-22-25-10-15-6-17(23)2-3-21(15)28-22/h2-3,6-11,13,19,24H,4-5,12H2,1H3,(H,25,27,28)/t19-/m0/s1. The lowest BCUT2D eigenvalue weighted by Crippen LogP contribution is -2.19. The van der Waals surface area contributed by atoms with Crippen LogP contribution in [-0.2, 0) is 7.05 Å². The number of rotatable bonds is 5. The molecule has 0 amide bonds. The topological polar surface area (TPSA) is 76.9 Å². The SMILES string of the molecule is Cn1cc(-c2cc(Nc3ncc4cc(Br)ccc4n3)cc(O[C@H]3CCNC3)c2)cn1. The Morgan fingerprint density at radius 2 is 2.10 bits per heavy atom. The van der Waals surface area contributed by atoms with E-state index < -0.39 is 0 Å². The first-order valence-corrected chi connectivity index (χ1v) is 10.6. The van der Waals surface area contributed by atoms with E-state index in [1.54, 1.807) is 4.68 Å². The van der Waals surface area contributed by atoms with Crippen LogP contribution in [0.5, 0.6) is 5.75 Å². The van der Waals surface area contributed by atoms with Crippen LogP contribution in [0.25, 0.3) is 22.0 Å². The zero-order chi connectivity index (χ0) is 20.5. The number of aryl methyl sites for hydroxylation is 1. The maximum absolute atomic E-state index is 6.23. The molecule has 0 aliphatic carbocycles. The van der Waals surface area contributed by atoms with E-state index in [-0.39, 0.29) is 6.10 Å². The van der Waals surface area contributed by atoms with Gasteiger partial charge in [-0.3, -0.25) is 4.68 Å². The Morgan fingerprint density at radius 3 is 2.90 bits per heavy atom. The number of halogens is 1. The molecule has 0 bridgehead atoms. The minimum Gasteiger partial charge on any atom is -0.489 e. The largest absolute Gasteiger partial charge is 0.489 e. The summed E-state index contributed by atoms with van der Waals surface area (Å²) in [6.07, 6.45) is 6.84. The number of hydrogen-bond donors (Lipinski definition) is 2. The van der Waals surface area contributed by atoms with E-state index in [1.165, 1.54) is 0 Å². The first kappa shape index (κ1) is 19.0. The maximum atomic E-state index is 6.23. The molecule has 0 saturated carbocycles. The summed E-state index contributed by atoms with van der Waals surface area (Å²) in [7, 11) is 1.91. The third kappa shape index (κ3) is 4.15. The lowest BCUT2D eigenvalue weighted by Gasteiger charge is -2.15. The Morgan fingerprint density at radius 1 is 1.17 bits per heavy atom. The van der Waals surface area contributed by atoms with Crippen LogP contribution in [0.15, 0.2) is 59.5 Å². The van der Waals surface area contributed by atoms with Crippen molar-refractivity contribution < 1.29 is 4.74 Å². The summed E-state index contributed by atoms with van der Waals surface area (Å²) in [5, 5.41) is 12.0. The van der Waals surface area contributed by atoms with Crippen molar-refractivity contribution in [2.24, 2.45) is 7.05 Å². The molecule has 30 heavy (non-hydrogen) atoms. The molecule has 7 nitrogen and oxygen atoms in total. The highest BCUT2D eigenvalue weighted by atomic mass is 79.9. The molecule has 1 aliphatic rings. The van der Waals surface area contributed by atoms with E-state index in [9.17, 15) is 0 Å². The second-order valence-corrected chi connectivity index (χ2v) is 8.32. The molecular weight excluding hydrogens is 444 g/mol. The minimum absolute atomic E-state index is 0.178. The van der Waals surface area contributed by atoms with Gasteiger partial charge in [-0.2, -0.15) is 5.10 Å². The van der Waals surface area contributed by atoms with E-state index in [1.807, 2.05) is 49.9 Å². The van der Waals surface area contributed by atoms with Crippen molar-refractivity contribution in [3.63, 3.8) is 0 Å². The Kier molecular flexibility index (Phi) is 5.10. The average Bonchev–Trinajstić information content (AvgIpc) is 3.40. The number of aromatic nitrogens is 4. The first-order chi connectivity index (χ1) is 14.6. The van der Waals surface area contributed by atoms with Gasteiger partial charge in [-0.1, -0.05) is 15.9 Å². The van der Waals surface area contributed by atoms with Crippen LogP contribution >= 0.6 is 15.9 Å². The van der Waals surface area contributed by atoms with Crippen molar-refractivity contribution in [1.29, 1.82) is 0 Å². The monoisotopic (exact) mass is 464 g/mol. The molecule has 2 N–H and O–H groups in total. The van der Waals surface area contributed by atoms with Gasteiger partial charge in [0.15, 0.2) is 0 Å². The molecule has 2 aromatic carbocycles. The van der Waals surface area contributed by atoms with Gasteiger partial charge in [-0.15, -0.1) is 0 Å². The Hall–Kier alpha value is -2.97. The number of ether oxygens (including phenoxy) is 1. The molecule has 8 heteroatoms. The first-order valence-electron chi connectivity index (χ1n) is 9.83. The van der Waals surface area contributed by atoms with Crippen LogP contribution in [-0.4, -0.2) is 38.9 Å². The molecule has 0 radical (unpaired) electrons. The predicted molar refractivity (Wildman–Crippen MR) is 121 cm³/mol. The third-order valence-electron chi connectivity index (χ3n) is 5.06. The van der Waals surface area contributed by atoms with Gasteiger partial charge in [-0.05, 0) is 48.9 Å². The minimum atomic E-state index is 0.178. The Labute approximate surface area is 182 Å². The molecule has 2 aromatic heterocycles. The molecule has 5 rings (SSSR count). The smallest absolute Gasteiger partial charge is 0.227 e. The highest BCUT2D eigenvalue weighted by Gasteiger charge is 2.17. The predicted octanol–water partition coefficient (Wildman–Crippen LogP) is 4.28. The van der Waals surface area contributed by atoms with Crippen molar-refractivity contribution in [1.82, 2.24) is 25.1 Å². The van der Waals surface area contributed by atoms with Crippen molar-refractivity contribution in [2.45, 2.75) is 12.5 Å². The quantitative estimate of drug-likeness (QED) is 0.459. The molecule has 4 aromatic rings. The molecule has 0 spiro atoms. The van der Waals surface area contributed by atoms with Crippen LogP contribution in [0.3, 0.4) is 0 Å². The van der Waals surface area contributed by atoms with Crippen molar-refractivity contribution in [3.05, 3.63) is 59.5 Å². The number of hydrogen-bond acceptors (Lipinski definition) is 6. The van der Waals surface area contributed by atoms with Gasteiger partial charge in [0.1, 0.15) is 11.9 Å². The van der Waals surface area contributed by atoms with Gasteiger partial charge in [-0.25, -0.2) is 9.97 Å². The normalized spacial score (nSPS) is 16.1.